The molecule has 0 aliphatic heterocycles. The van der Waals surface area contributed by atoms with Crippen LogP contribution < -0.4 is 5.32 Å². The van der Waals surface area contributed by atoms with E-state index in [2.05, 4.69) is 35.8 Å². The summed E-state index contributed by atoms with van der Waals surface area (Å²) < 4.78 is 2.10. The van der Waals surface area contributed by atoms with Gasteiger partial charge in [-0.3, -0.25) is 0 Å². The smallest absolute Gasteiger partial charge is 0.125 e. The first-order valence-corrected chi connectivity index (χ1v) is 6.45. The molecule has 1 heterocycles. The number of hydrogen-bond donors (Lipinski definition) is 1. The lowest BCUT2D eigenvalue weighted by atomic mass is 10.00. The fourth-order valence-electron chi connectivity index (χ4n) is 2.93. The quantitative estimate of drug-likeness (QED) is 0.847. The highest BCUT2D eigenvalue weighted by Crippen LogP contribution is 2.29. The molecule has 0 saturated heterocycles. The van der Waals surface area contributed by atoms with E-state index >= 15 is 0 Å². The highest BCUT2D eigenvalue weighted by molar-refractivity contribution is 4.99. The van der Waals surface area contributed by atoms with Crippen molar-refractivity contribution in [2.24, 2.45) is 13.0 Å². The second kappa shape index (κ2) is 5.00. The van der Waals surface area contributed by atoms with Crippen molar-refractivity contribution >= 4 is 0 Å². The van der Waals surface area contributed by atoms with Crippen LogP contribution in [0.5, 0.6) is 0 Å². The summed E-state index contributed by atoms with van der Waals surface area (Å²) in [5.41, 5.74) is 0. The zero-order valence-corrected chi connectivity index (χ0v) is 10.6. The fourth-order valence-corrected chi connectivity index (χ4v) is 2.93. The van der Waals surface area contributed by atoms with E-state index in [0.717, 1.165) is 11.7 Å². The Balaban J connectivity index is 1.97. The Morgan fingerprint density at radius 2 is 2.38 bits per heavy atom. The molecule has 0 aromatic carbocycles. The van der Waals surface area contributed by atoms with Crippen molar-refractivity contribution in [2.75, 3.05) is 0 Å². The van der Waals surface area contributed by atoms with Gasteiger partial charge < -0.3 is 9.88 Å². The first-order valence-electron chi connectivity index (χ1n) is 6.45. The van der Waals surface area contributed by atoms with E-state index < -0.39 is 0 Å². The molecule has 0 radical (unpaired) electrons. The number of hydrogen-bond acceptors (Lipinski definition) is 2. The Hall–Kier alpha value is -0.830. The van der Waals surface area contributed by atoms with Crippen LogP contribution in [0.4, 0.5) is 0 Å². The van der Waals surface area contributed by atoms with Crippen molar-refractivity contribution in [1.29, 1.82) is 0 Å². The van der Waals surface area contributed by atoms with Gasteiger partial charge in [-0.15, -0.1) is 0 Å². The van der Waals surface area contributed by atoms with Crippen molar-refractivity contribution in [3.63, 3.8) is 0 Å². The third kappa shape index (κ3) is 2.29. The highest BCUT2D eigenvalue weighted by atomic mass is 15.1. The second-order valence-corrected chi connectivity index (χ2v) is 4.99. The Morgan fingerprint density at radius 3 is 3.00 bits per heavy atom. The maximum atomic E-state index is 4.41. The van der Waals surface area contributed by atoms with Crippen molar-refractivity contribution in [1.82, 2.24) is 14.9 Å². The number of nitrogens with one attached hydrogen (secondary N) is 1. The molecule has 3 heteroatoms. The molecule has 1 aliphatic rings. The van der Waals surface area contributed by atoms with Gasteiger partial charge in [-0.05, 0) is 25.7 Å². The number of rotatable bonds is 4. The molecule has 1 fully saturated rings. The van der Waals surface area contributed by atoms with Crippen molar-refractivity contribution in [3.05, 3.63) is 18.2 Å². The van der Waals surface area contributed by atoms with Gasteiger partial charge in [-0.1, -0.05) is 19.8 Å². The van der Waals surface area contributed by atoms with Crippen LogP contribution in [0.15, 0.2) is 12.4 Å². The first kappa shape index (κ1) is 11.6. The predicted octanol–water partition coefficient (Wildman–Crippen LogP) is 2.65. The average Bonchev–Trinajstić information content (AvgIpc) is 2.86. The average molecular weight is 221 g/mol. The summed E-state index contributed by atoms with van der Waals surface area (Å²) in [7, 11) is 2.06. The van der Waals surface area contributed by atoms with E-state index in [4.69, 9.17) is 0 Å². The van der Waals surface area contributed by atoms with E-state index in [-0.39, 0.29) is 0 Å². The molecule has 1 aromatic rings. The molecule has 0 bridgehead atoms. The summed E-state index contributed by atoms with van der Waals surface area (Å²) in [6.45, 7) is 4.52. The van der Waals surface area contributed by atoms with Gasteiger partial charge in [-0.25, -0.2) is 4.98 Å². The molecule has 16 heavy (non-hydrogen) atoms. The van der Waals surface area contributed by atoms with Gasteiger partial charge in [0.05, 0.1) is 6.04 Å². The third-order valence-electron chi connectivity index (χ3n) is 3.89. The fraction of sp³-hybridized carbons (Fsp3) is 0.769. The molecule has 3 atom stereocenters. The van der Waals surface area contributed by atoms with E-state index in [1.807, 2.05) is 12.4 Å². The number of imidazole rings is 1. The Kier molecular flexibility index (Phi) is 3.64. The summed E-state index contributed by atoms with van der Waals surface area (Å²) >= 11 is 0. The van der Waals surface area contributed by atoms with E-state index in [9.17, 15) is 0 Å². The summed E-state index contributed by atoms with van der Waals surface area (Å²) in [5.74, 6) is 2.00. The summed E-state index contributed by atoms with van der Waals surface area (Å²) in [4.78, 5) is 4.41. The molecule has 1 N–H and O–H groups in total. The molecule has 1 saturated carbocycles. The minimum absolute atomic E-state index is 0.358. The van der Waals surface area contributed by atoms with Gasteiger partial charge >= 0.3 is 0 Å². The van der Waals surface area contributed by atoms with Crippen molar-refractivity contribution in [3.8, 4) is 0 Å². The number of aromatic nitrogens is 2. The molecule has 0 spiro atoms. The van der Waals surface area contributed by atoms with Crippen LogP contribution in [0, 0.1) is 5.92 Å². The summed E-state index contributed by atoms with van der Waals surface area (Å²) in [6.07, 6.45) is 9.28. The highest BCUT2D eigenvalue weighted by Gasteiger charge is 2.27. The predicted molar refractivity (Wildman–Crippen MR) is 66.2 cm³/mol. The van der Waals surface area contributed by atoms with Crippen LogP contribution in [0.1, 0.15) is 51.4 Å². The topological polar surface area (TPSA) is 29.9 Å². The molecular formula is C13H23N3. The van der Waals surface area contributed by atoms with Gasteiger partial charge in [0.25, 0.3) is 0 Å². The Morgan fingerprint density at radius 1 is 1.56 bits per heavy atom. The maximum Gasteiger partial charge on any atom is 0.125 e. The lowest BCUT2D eigenvalue weighted by Gasteiger charge is -2.24. The molecular weight excluding hydrogens is 198 g/mol. The minimum atomic E-state index is 0.358. The van der Waals surface area contributed by atoms with E-state index in [1.54, 1.807) is 0 Å². The van der Waals surface area contributed by atoms with Gasteiger partial charge in [0.2, 0.25) is 0 Å². The largest absolute Gasteiger partial charge is 0.337 e. The monoisotopic (exact) mass is 221 g/mol. The van der Waals surface area contributed by atoms with E-state index in [1.165, 1.54) is 25.7 Å². The van der Waals surface area contributed by atoms with Crippen LogP contribution in [0.3, 0.4) is 0 Å². The second-order valence-electron chi connectivity index (χ2n) is 4.99. The molecule has 1 aliphatic carbocycles. The van der Waals surface area contributed by atoms with Crippen LogP contribution in [-0.2, 0) is 7.05 Å². The standard InChI is InChI=1S/C13H23N3/c1-4-11-6-5-7-12(11)15-10(2)13-14-8-9-16(13)3/h8-12,15H,4-7H2,1-3H3. The molecule has 3 nitrogen and oxygen atoms in total. The Bertz CT molecular complexity index is 332. The molecule has 3 unspecified atom stereocenters. The summed E-state index contributed by atoms with van der Waals surface area (Å²) in [6, 6.07) is 1.05. The van der Waals surface area contributed by atoms with Crippen LogP contribution >= 0.6 is 0 Å². The zero-order chi connectivity index (χ0) is 11.5. The molecule has 0 amide bonds. The summed E-state index contributed by atoms with van der Waals surface area (Å²) in [5, 5.41) is 3.74. The number of aryl methyl sites for hydroxylation is 1. The third-order valence-corrected chi connectivity index (χ3v) is 3.89. The van der Waals surface area contributed by atoms with Gasteiger partial charge in [0, 0.05) is 25.5 Å². The maximum absolute atomic E-state index is 4.41. The van der Waals surface area contributed by atoms with E-state index in [0.29, 0.717) is 12.1 Å². The van der Waals surface area contributed by atoms with Gasteiger partial charge in [0.1, 0.15) is 5.82 Å². The minimum Gasteiger partial charge on any atom is -0.337 e. The Labute approximate surface area is 98.3 Å². The number of nitrogens with zero attached hydrogens (tertiary/aromatic N) is 2. The molecule has 90 valence electrons. The van der Waals surface area contributed by atoms with Crippen LogP contribution in [0.2, 0.25) is 0 Å². The zero-order valence-electron chi connectivity index (χ0n) is 10.6. The van der Waals surface area contributed by atoms with Gasteiger partial charge in [0.15, 0.2) is 0 Å². The molecule has 2 rings (SSSR count). The van der Waals surface area contributed by atoms with Crippen molar-refractivity contribution in [2.45, 2.75) is 51.6 Å². The first-order chi connectivity index (χ1) is 7.72. The van der Waals surface area contributed by atoms with Crippen LogP contribution in [0.25, 0.3) is 0 Å². The lowest BCUT2D eigenvalue weighted by Crippen LogP contribution is -2.35. The van der Waals surface area contributed by atoms with Crippen LogP contribution in [-0.4, -0.2) is 15.6 Å². The van der Waals surface area contributed by atoms with Crippen molar-refractivity contribution < 1.29 is 0 Å². The lowest BCUT2D eigenvalue weighted by molar-refractivity contribution is 0.351. The SMILES string of the molecule is CCC1CCCC1NC(C)c1nccn1C. The van der Waals surface area contributed by atoms with Gasteiger partial charge in [-0.2, -0.15) is 0 Å². The molecule has 1 aromatic heterocycles. The normalized spacial score (nSPS) is 27.2.